The van der Waals surface area contributed by atoms with Gasteiger partial charge in [-0.1, -0.05) is 11.6 Å². The quantitative estimate of drug-likeness (QED) is 0.591. The molecule has 0 spiro atoms. The minimum atomic E-state index is -4.48. The van der Waals surface area contributed by atoms with E-state index in [4.69, 9.17) is 28.9 Å². The predicted molar refractivity (Wildman–Crippen MR) is 50.4 cm³/mol. The van der Waals surface area contributed by atoms with E-state index in [1.165, 1.54) is 0 Å². The molecule has 0 saturated heterocycles. The van der Waals surface area contributed by atoms with Crippen molar-refractivity contribution in [2.75, 3.05) is 5.73 Å². The molecule has 0 atom stereocenters. The standard InChI is InChI=1S/C8H6Cl2F3N/c9-3-4-1-5(8(11,12)13)6(10)2-7(4)14/h1-2H,3,14H2. The maximum absolute atomic E-state index is 12.3. The van der Waals surface area contributed by atoms with Gasteiger partial charge in [-0.3, -0.25) is 0 Å². The van der Waals surface area contributed by atoms with E-state index in [0.717, 1.165) is 12.1 Å². The van der Waals surface area contributed by atoms with E-state index in [1.54, 1.807) is 0 Å². The number of rotatable bonds is 1. The van der Waals surface area contributed by atoms with Crippen molar-refractivity contribution < 1.29 is 13.2 Å². The minimum Gasteiger partial charge on any atom is -0.398 e. The first-order valence-corrected chi connectivity index (χ1v) is 4.48. The van der Waals surface area contributed by atoms with Crippen LogP contribution >= 0.6 is 23.2 Å². The van der Waals surface area contributed by atoms with Crippen molar-refractivity contribution in [1.29, 1.82) is 0 Å². The molecule has 0 aliphatic heterocycles. The molecule has 0 bridgehead atoms. The average Bonchev–Trinajstić information content (AvgIpc) is 2.02. The van der Waals surface area contributed by atoms with Crippen molar-refractivity contribution in [3.8, 4) is 0 Å². The average molecular weight is 244 g/mol. The fourth-order valence-corrected chi connectivity index (χ4v) is 1.48. The second kappa shape index (κ2) is 3.87. The summed E-state index contributed by atoms with van der Waals surface area (Å²) in [7, 11) is 0. The third kappa shape index (κ3) is 2.25. The molecule has 78 valence electrons. The molecule has 0 aliphatic carbocycles. The van der Waals surface area contributed by atoms with Gasteiger partial charge in [-0.25, -0.2) is 0 Å². The van der Waals surface area contributed by atoms with Crippen molar-refractivity contribution >= 4 is 28.9 Å². The van der Waals surface area contributed by atoms with Gasteiger partial charge in [0.2, 0.25) is 0 Å². The van der Waals surface area contributed by atoms with Crippen molar-refractivity contribution in [3.05, 3.63) is 28.3 Å². The van der Waals surface area contributed by atoms with Crippen molar-refractivity contribution in [2.24, 2.45) is 0 Å². The first kappa shape index (κ1) is 11.5. The molecule has 6 heteroatoms. The van der Waals surface area contributed by atoms with Crippen LogP contribution in [-0.2, 0) is 12.1 Å². The van der Waals surface area contributed by atoms with E-state index in [2.05, 4.69) is 0 Å². The van der Waals surface area contributed by atoms with Crippen LogP contribution in [0.5, 0.6) is 0 Å². The summed E-state index contributed by atoms with van der Waals surface area (Å²) in [6.45, 7) is 0. The molecule has 0 heterocycles. The lowest BCUT2D eigenvalue weighted by molar-refractivity contribution is -0.137. The Morgan fingerprint density at radius 2 is 1.86 bits per heavy atom. The maximum atomic E-state index is 12.3. The predicted octanol–water partition coefficient (Wildman–Crippen LogP) is 3.68. The molecule has 2 N–H and O–H groups in total. The lowest BCUT2D eigenvalue weighted by Crippen LogP contribution is -2.07. The van der Waals surface area contributed by atoms with Gasteiger partial charge in [-0.15, -0.1) is 11.6 Å². The topological polar surface area (TPSA) is 26.0 Å². The number of anilines is 1. The lowest BCUT2D eigenvalue weighted by atomic mass is 10.1. The van der Waals surface area contributed by atoms with Crippen LogP contribution < -0.4 is 5.73 Å². The van der Waals surface area contributed by atoms with Crippen LogP contribution in [0.3, 0.4) is 0 Å². The van der Waals surface area contributed by atoms with Gasteiger partial charge in [-0.05, 0) is 17.7 Å². The van der Waals surface area contributed by atoms with Gasteiger partial charge in [0.05, 0.1) is 10.6 Å². The molecule has 14 heavy (non-hydrogen) atoms. The van der Waals surface area contributed by atoms with Crippen LogP contribution in [0.15, 0.2) is 12.1 Å². The first-order chi connectivity index (χ1) is 6.36. The number of nitrogen functional groups attached to an aromatic ring is 1. The van der Waals surface area contributed by atoms with Gasteiger partial charge in [0.15, 0.2) is 0 Å². The number of nitrogens with two attached hydrogens (primary N) is 1. The number of benzene rings is 1. The van der Waals surface area contributed by atoms with Gasteiger partial charge in [0.25, 0.3) is 0 Å². The highest BCUT2D eigenvalue weighted by atomic mass is 35.5. The fourth-order valence-electron chi connectivity index (χ4n) is 0.966. The fraction of sp³-hybridized carbons (Fsp3) is 0.250. The van der Waals surface area contributed by atoms with Crippen molar-refractivity contribution in [1.82, 2.24) is 0 Å². The van der Waals surface area contributed by atoms with Crippen LogP contribution in [0.1, 0.15) is 11.1 Å². The smallest absolute Gasteiger partial charge is 0.398 e. The monoisotopic (exact) mass is 243 g/mol. The van der Waals surface area contributed by atoms with E-state index in [-0.39, 0.29) is 17.1 Å². The Labute approximate surface area is 88.6 Å². The summed E-state index contributed by atoms with van der Waals surface area (Å²) >= 11 is 10.8. The summed E-state index contributed by atoms with van der Waals surface area (Å²) in [6.07, 6.45) is -4.48. The zero-order valence-corrected chi connectivity index (χ0v) is 8.34. The normalized spacial score (nSPS) is 11.8. The van der Waals surface area contributed by atoms with Crippen molar-refractivity contribution in [3.63, 3.8) is 0 Å². The zero-order valence-electron chi connectivity index (χ0n) is 6.83. The first-order valence-electron chi connectivity index (χ1n) is 3.57. The van der Waals surface area contributed by atoms with Gasteiger partial charge in [-0.2, -0.15) is 13.2 Å². The Morgan fingerprint density at radius 3 is 2.29 bits per heavy atom. The SMILES string of the molecule is Nc1cc(Cl)c(C(F)(F)F)cc1CCl. The summed E-state index contributed by atoms with van der Waals surface area (Å²) in [6, 6.07) is 1.92. The van der Waals surface area contributed by atoms with Crippen LogP contribution in [0.25, 0.3) is 0 Å². The number of alkyl halides is 4. The molecule has 0 saturated carbocycles. The summed E-state index contributed by atoms with van der Waals surface area (Å²) in [5.74, 6) is -0.0773. The Hall–Kier alpha value is -0.610. The molecule has 1 aromatic carbocycles. The Balaban J connectivity index is 3.32. The maximum Gasteiger partial charge on any atom is 0.417 e. The summed E-state index contributed by atoms with van der Waals surface area (Å²) < 4.78 is 37.0. The third-order valence-electron chi connectivity index (χ3n) is 1.68. The Kier molecular flexibility index (Phi) is 3.17. The molecule has 1 aromatic rings. The molecule has 0 fully saturated rings. The summed E-state index contributed by atoms with van der Waals surface area (Å²) in [5.41, 5.74) is 4.89. The molecular formula is C8H6Cl2F3N. The van der Waals surface area contributed by atoms with Crippen LogP contribution in [0.4, 0.5) is 18.9 Å². The summed E-state index contributed by atoms with van der Waals surface area (Å²) in [4.78, 5) is 0. The highest BCUT2D eigenvalue weighted by Gasteiger charge is 2.33. The molecule has 1 rings (SSSR count). The molecule has 1 nitrogen and oxygen atoms in total. The van der Waals surface area contributed by atoms with Crippen LogP contribution in [0, 0.1) is 0 Å². The highest BCUT2D eigenvalue weighted by molar-refractivity contribution is 6.31. The zero-order chi connectivity index (χ0) is 10.9. The Morgan fingerprint density at radius 1 is 1.29 bits per heavy atom. The van der Waals surface area contributed by atoms with Gasteiger partial charge < -0.3 is 5.73 Å². The lowest BCUT2D eigenvalue weighted by Gasteiger charge is -2.11. The van der Waals surface area contributed by atoms with Gasteiger partial charge >= 0.3 is 6.18 Å². The van der Waals surface area contributed by atoms with Crippen LogP contribution in [0.2, 0.25) is 5.02 Å². The van der Waals surface area contributed by atoms with E-state index in [1.807, 2.05) is 0 Å². The van der Waals surface area contributed by atoms with E-state index < -0.39 is 16.8 Å². The second-order valence-electron chi connectivity index (χ2n) is 2.66. The van der Waals surface area contributed by atoms with Gasteiger partial charge in [0.1, 0.15) is 0 Å². The van der Waals surface area contributed by atoms with Crippen molar-refractivity contribution in [2.45, 2.75) is 12.1 Å². The molecule has 0 radical (unpaired) electrons. The van der Waals surface area contributed by atoms with E-state index in [9.17, 15) is 13.2 Å². The molecule has 0 amide bonds. The van der Waals surface area contributed by atoms with E-state index >= 15 is 0 Å². The third-order valence-corrected chi connectivity index (χ3v) is 2.28. The molecule has 0 aromatic heterocycles. The molecule has 0 aliphatic rings. The number of hydrogen-bond acceptors (Lipinski definition) is 1. The number of halogens is 5. The number of hydrogen-bond donors (Lipinski definition) is 1. The van der Waals surface area contributed by atoms with Gasteiger partial charge in [0, 0.05) is 11.6 Å². The Bertz CT molecular complexity index is 349. The molecule has 0 unspecified atom stereocenters. The van der Waals surface area contributed by atoms with E-state index in [0.29, 0.717) is 0 Å². The highest BCUT2D eigenvalue weighted by Crippen LogP contribution is 2.37. The second-order valence-corrected chi connectivity index (χ2v) is 3.34. The largest absolute Gasteiger partial charge is 0.417 e. The van der Waals surface area contributed by atoms with Crippen LogP contribution in [-0.4, -0.2) is 0 Å². The minimum absolute atomic E-state index is 0.0773. The molecular weight excluding hydrogens is 238 g/mol. The summed E-state index contributed by atoms with van der Waals surface area (Å²) in [5, 5.41) is -0.413.